The van der Waals surface area contributed by atoms with E-state index in [0.29, 0.717) is 0 Å². The largest absolute Gasteiger partial charge is 0.456 e. The van der Waals surface area contributed by atoms with Crippen LogP contribution in [-0.2, 0) is 0 Å². The molecule has 0 bridgehead atoms. The lowest BCUT2D eigenvalue weighted by Crippen LogP contribution is -2.10. The zero-order valence-electron chi connectivity index (χ0n) is 29.9. The summed E-state index contributed by atoms with van der Waals surface area (Å²) in [6.07, 6.45) is 0. The highest BCUT2D eigenvalue weighted by atomic mass is 16.3. The number of para-hydroxylation sites is 3. The molecule has 3 heteroatoms. The number of furan rings is 1. The van der Waals surface area contributed by atoms with Crippen molar-refractivity contribution >= 4 is 71.6 Å². The second kappa shape index (κ2) is 12.6. The monoisotopic (exact) mass is 702 g/mol. The van der Waals surface area contributed by atoms with Crippen LogP contribution in [0.2, 0.25) is 0 Å². The van der Waals surface area contributed by atoms with Crippen molar-refractivity contribution in [1.82, 2.24) is 4.57 Å². The fraction of sp³-hybridized carbons (Fsp3) is 0. The van der Waals surface area contributed by atoms with Crippen LogP contribution in [0.15, 0.2) is 211 Å². The third-order valence-corrected chi connectivity index (χ3v) is 11.0. The SMILES string of the molecule is c1ccc(-c2cccc(N(c3ccc(-c4ccc5ccc6oc7ccccc7c6c5c4)cc3)c3ccc4c(c3)c3ccccc3n4-c3ccccc3)c2)cc1. The minimum atomic E-state index is 0.915. The summed E-state index contributed by atoms with van der Waals surface area (Å²) >= 11 is 0. The molecule has 0 N–H and O–H groups in total. The highest BCUT2D eigenvalue weighted by Gasteiger charge is 2.18. The molecule has 0 saturated carbocycles. The van der Waals surface area contributed by atoms with E-state index in [1.54, 1.807) is 0 Å². The second-order valence-corrected chi connectivity index (χ2v) is 14.2. The Kier molecular flexibility index (Phi) is 7.17. The molecule has 9 aromatic carbocycles. The van der Waals surface area contributed by atoms with Crippen molar-refractivity contribution in [3.8, 4) is 27.9 Å². The van der Waals surface area contributed by atoms with E-state index in [4.69, 9.17) is 4.42 Å². The van der Waals surface area contributed by atoms with E-state index in [1.807, 2.05) is 12.1 Å². The van der Waals surface area contributed by atoms with E-state index in [-0.39, 0.29) is 0 Å². The first-order valence-corrected chi connectivity index (χ1v) is 18.8. The van der Waals surface area contributed by atoms with Crippen molar-refractivity contribution in [1.29, 1.82) is 0 Å². The Morgan fingerprint density at radius 2 is 0.964 bits per heavy atom. The molecule has 55 heavy (non-hydrogen) atoms. The van der Waals surface area contributed by atoms with Gasteiger partial charge in [-0.1, -0.05) is 127 Å². The van der Waals surface area contributed by atoms with Gasteiger partial charge >= 0.3 is 0 Å². The molecule has 0 fully saturated rings. The van der Waals surface area contributed by atoms with Crippen LogP contribution in [0.5, 0.6) is 0 Å². The Morgan fingerprint density at radius 1 is 0.345 bits per heavy atom. The molecule has 11 aromatic rings. The van der Waals surface area contributed by atoms with Gasteiger partial charge in [-0.3, -0.25) is 0 Å². The van der Waals surface area contributed by atoms with Crippen molar-refractivity contribution in [2.24, 2.45) is 0 Å². The van der Waals surface area contributed by atoms with Gasteiger partial charge in [0, 0.05) is 44.3 Å². The second-order valence-electron chi connectivity index (χ2n) is 14.2. The molecular formula is C52H34N2O. The van der Waals surface area contributed by atoms with Crippen LogP contribution in [0.4, 0.5) is 17.1 Å². The van der Waals surface area contributed by atoms with Crippen molar-refractivity contribution in [2.45, 2.75) is 0 Å². The summed E-state index contributed by atoms with van der Waals surface area (Å²) in [5.74, 6) is 0. The Labute approximate surface area is 318 Å². The molecule has 0 aliphatic carbocycles. The summed E-state index contributed by atoms with van der Waals surface area (Å²) in [4.78, 5) is 2.38. The van der Waals surface area contributed by atoms with E-state index in [2.05, 4.69) is 204 Å². The predicted molar refractivity (Wildman–Crippen MR) is 231 cm³/mol. The summed E-state index contributed by atoms with van der Waals surface area (Å²) in [5.41, 5.74) is 13.3. The molecule has 0 atom stereocenters. The topological polar surface area (TPSA) is 21.3 Å². The van der Waals surface area contributed by atoms with Gasteiger partial charge in [-0.15, -0.1) is 0 Å². The number of rotatable bonds is 6. The molecule has 11 rings (SSSR count). The van der Waals surface area contributed by atoms with Crippen LogP contribution >= 0.6 is 0 Å². The summed E-state index contributed by atoms with van der Waals surface area (Å²) in [6.45, 7) is 0. The Bertz CT molecular complexity index is 3190. The smallest absolute Gasteiger partial charge is 0.136 e. The number of anilines is 3. The lowest BCUT2D eigenvalue weighted by atomic mass is 9.98. The quantitative estimate of drug-likeness (QED) is 0.172. The van der Waals surface area contributed by atoms with Crippen LogP contribution in [0, 0.1) is 0 Å². The van der Waals surface area contributed by atoms with Crippen LogP contribution in [-0.4, -0.2) is 4.57 Å². The summed E-state index contributed by atoms with van der Waals surface area (Å²) in [5, 5.41) is 7.16. The Balaban J connectivity index is 1.06. The maximum Gasteiger partial charge on any atom is 0.136 e. The average Bonchev–Trinajstić information content (AvgIpc) is 3.81. The van der Waals surface area contributed by atoms with Crippen molar-refractivity contribution in [3.63, 3.8) is 0 Å². The van der Waals surface area contributed by atoms with E-state index in [0.717, 1.165) is 44.9 Å². The van der Waals surface area contributed by atoms with Gasteiger partial charge in [0.15, 0.2) is 0 Å². The van der Waals surface area contributed by atoms with Gasteiger partial charge in [-0.2, -0.15) is 0 Å². The van der Waals surface area contributed by atoms with E-state index in [9.17, 15) is 0 Å². The van der Waals surface area contributed by atoms with E-state index >= 15 is 0 Å². The highest BCUT2D eigenvalue weighted by molar-refractivity contribution is 6.19. The van der Waals surface area contributed by atoms with Crippen LogP contribution in [0.25, 0.3) is 82.5 Å². The predicted octanol–water partition coefficient (Wildman–Crippen LogP) is 14.6. The van der Waals surface area contributed by atoms with Gasteiger partial charge in [0.25, 0.3) is 0 Å². The first-order chi connectivity index (χ1) is 27.3. The van der Waals surface area contributed by atoms with Crippen LogP contribution in [0.3, 0.4) is 0 Å². The molecule has 0 amide bonds. The fourth-order valence-corrected chi connectivity index (χ4v) is 8.38. The standard InChI is InChI=1S/C52H34N2O/c1-3-12-35(13-4-1)38-14-11-17-42(32-38)53(43-29-30-49-47(34-43)44-18-7-9-20-48(44)54(49)40-15-5-2-6-16-40)41-27-24-36(25-28-41)39-23-22-37-26-31-51-52(46(37)33-39)45-19-8-10-21-50(45)55-51/h1-34H. The van der Waals surface area contributed by atoms with Gasteiger partial charge in [-0.05, 0) is 112 Å². The fourth-order valence-electron chi connectivity index (χ4n) is 8.38. The van der Waals surface area contributed by atoms with Crippen LogP contribution in [0.1, 0.15) is 0 Å². The Morgan fingerprint density at radius 3 is 1.82 bits per heavy atom. The van der Waals surface area contributed by atoms with Gasteiger partial charge in [0.2, 0.25) is 0 Å². The molecule has 0 spiro atoms. The minimum absolute atomic E-state index is 0.915. The van der Waals surface area contributed by atoms with E-state index < -0.39 is 0 Å². The number of benzene rings is 9. The molecule has 258 valence electrons. The number of hydrogen-bond acceptors (Lipinski definition) is 2. The summed E-state index contributed by atoms with van der Waals surface area (Å²) in [7, 11) is 0. The van der Waals surface area contributed by atoms with Crippen molar-refractivity contribution in [3.05, 3.63) is 206 Å². The van der Waals surface area contributed by atoms with Crippen LogP contribution < -0.4 is 4.90 Å². The normalized spacial score (nSPS) is 11.6. The van der Waals surface area contributed by atoms with Gasteiger partial charge in [0.1, 0.15) is 11.2 Å². The van der Waals surface area contributed by atoms with Gasteiger partial charge < -0.3 is 13.9 Å². The first kappa shape index (κ1) is 31.2. The first-order valence-electron chi connectivity index (χ1n) is 18.8. The third-order valence-electron chi connectivity index (χ3n) is 11.0. The molecule has 2 aromatic heterocycles. The Hall–Kier alpha value is -7.36. The molecule has 0 aliphatic rings. The molecule has 2 heterocycles. The number of fused-ring (bicyclic) bond motifs is 8. The zero-order chi connectivity index (χ0) is 36.3. The molecule has 3 nitrogen and oxygen atoms in total. The lowest BCUT2D eigenvalue weighted by Gasteiger charge is -2.26. The summed E-state index contributed by atoms with van der Waals surface area (Å²) < 4.78 is 8.60. The minimum Gasteiger partial charge on any atom is -0.456 e. The van der Waals surface area contributed by atoms with Gasteiger partial charge in [-0.25, -0.2) is 0 Å². The maximum absolute atomic E-state index is 6.24. The number of hydrogen-bond donors (Lipinski definition) is 0. The molecule has 0 aliphatic heterocycles. The van der Waals surface area contributed by atoms with Crippen molar-refractivity contribution < 1.29 is 4.42 Å². The molecule has 0 saturated heterocycles. The molecule has 0 radical (unpaired) electrons. The number of aromatic nitrogens is 1. The number of nitrogens with zero attached hydrogens (tertiary/aromatic N) is 2. The maximum atomic E-state index is 6.24. The zero-order valence-corrected chi connectivity index (χ0v) is 29.9. The van der Waals surface area contributed by atoms with Crippen molar-refractivity contribution in [2.75, 3.05) is 4.90 Å². The van der Waals surface area contributed by atoms with E-state index in [1.165, 1.54) is 54.7 Å². The summed E-state index contributed by atoms with van der Waals surface area (Å²) in [6, 6.07) is 74.0. The molecular weight excluding hydrogens is 669 g/mol. The molecule has 0 unspecified atom stereocenters. The highest BCUT2D eigenvalue weighted by Crippen LogP contribution is 2.42. The lowest BCUT2D eigenvalue weighted by molar-refractivity contribution is 0.669. The van der Waals surface area contributed by atoms with Gasteiger partial charge in [0.05, 0.1) is 11.0 Å². The third kappa shape index (κ3) is 5.20. The average molecular weight is 703 g/mol.